The molecule has 2 rings (SSSR count). The lowest BCUT2D eigenvalue weighted by Crippen LogP contribution is -2.09. The second-order valence-corrected chi connectivity index (χ2v) is 4.18. The molecule has 3 N–H and O–H groups in total. The van der Waals surface area contributed by atoms with E-state index in [4.69, 9.17) is 10.8 Å². The van der Waals surface area contributed by atoms with E-state index in [1.807, 2.05) is 19.9 Å². The Morgan fingerprint density at radius 2 is 2.11 bits per heavy atom. The number of carbonyl (C=O) groups is 1. The molecule has 0 saturated heterocycles. The van der Waals surface area contributed by atoms with Crippen LogP contribution in [0.5, 0.6) is 0 Å². The standard InChI is InChI=1S/C13H16N4O2/c1-3-8-5-9(4-2)17(16-8)12-6-10(13(18)19)11(14)7-15-12/h5-7H,3-4,14H2,1-2H3,(H,18,19). The first-order valence-electron chi connectivity index (χ1n) is 6.13. The SMILES string of the molecule is CCc1cc(CC)n(-c2cc(C(=O)O)c(N)cn2)n1. The molecule has 2 heterocycles. The lowest BCUT2D eigenvalue weighted by molar-refractivity contribution is 0.0698. The Morgan fingerprint density at radius 1 is 1.37 bits per heavy atom. The van der Waals surface area contributed by atoms with Gasteiger partial charge in [-0.2, -0.15) is 5.10 Å². The minimum Gasteiger partial charge on any atom is -0.478 e. The van der Waals surface area contributed by atoms with Crippen molar-refractivity contribution in [3.8, 4) is 5.82 Å². The molecule has 0 aliphatic heterocycles. The molecule has 0 saturated carbocycles. The molecule has 2 aromatic heterocycles. The van der Waals surface area contributed by atoms with Crippen LogP contribution in [0.1, 0.15) is 35.6 Å². The normalized spacial score (nSPS) is 10.6. The lowest BCUT2D eigenvalue weighted by atomic mass is 10.2. The maximum absolute atomic E-state index is 11.1. The zero-order valence-electron chi connectivity index (χ0n) is 10.9. The number of carboxylic acid groups (broad SMARTS) is 1. The number of pyridine rings is 1. The first-order valence-corrected chi connectivity index (χ1v) is 6.13. The molecule has 0 radical (unpaired) electrons. The molecule has 6 nitrogen and oxygen atoms in total. The summed E-state index contributed by atoms with van der Waals surface area (Å²) >= 11 is 0. The number of hydrogen-bond acceptors (Lipinski definition) is 4. The van der Waals surface area contributed by atoms with Crippen LogP contribution in [0.25, 0.3) is 5.82 Å². The van der Waals surface area contributed by atoms with Crippen molar-refractivity contribution in [3.63, 3.8) is 0 Å². The topological polar surface area (TPSA) is 94.0 Å². The molecule has 0 spiro atoms. The smallest absolute Gasteiger partial charge is 0.337 e. The van der Waals surface area contributed by atoms with E-state index in [0.717, 1.165) is 24.2 Å². The van der Waals surface area contributed by atoms with Crippen molar-refractivity contribution in [2.24, 2.45) is 0 Å². The predicted octanol–water partition coefficient (Wildman–Crippen LogP) is 1.67. The van der Waals surface area contributed by atoms with E-state index in [0.29, 0.717) is 5.82 Å². The Hall–Kier alpha value is -2.37. The predicted molar refractivity (Wildman–Crippen MR) is 71.5 cm³/mol. The first kappa shape index (κ1) is 13.1. The molecule has 0 aliphatic rings. The number of hydrogen-bond donors (Lipinski definition) is 2. The van der Waals surface area contributed by atoms with Gasteiger partial charge in [0.25, 0.3) is 0 Å². The van der Waals surface area contributed by atoms with Crippen molar-refractivity contribution in [1.82, 2.24) is 14.8 Å². The van der Waals surface area contributed by atoms with Crippen LogP contribution in [-0.2, 0) is 12.8 Å². The summed E-state index contributed by atoms with van der Waals surface area (Å²) < 4.78 is 1.67. The van der Waals surface area contributed by atoms with Crippen molar-refractivity contribution in [1.29, 1.82) is 0 Å². The Morgan fingerprint density at radius 3 is 2.68 bits per heavy atom. The quantitative estimate of drug-likeness (QED) is 0.872. The van der Waals surface area contributed by atoms with Gasteiger partial charge in [0.1, 0.15) is 0 Å². The summed E-state index contributed by atoms with van der Waals surface area (Å²) in [4.78, 5) is 15.2. The third-order valence-electron chi connectivity index (χ3n) is 2.93. The number of nitrogens with zero attached hydrogens (tertiary/aromatic N) is 3. The molecule has 0 atom stereocenters. The van der Waals surface area contributed by atoms with Crippen LogP contribution >= 0.6 is 0 Å². The fraction of sp³-hybridized carbons (Fsp3) is 0.308. The van der Waals surface area contributed by atoms with Gasteiger partial charge in [-0.1, -0.05) is 13.8 Å². The van der Waals surface area contributed by atoms with Gasteiger partial charge in [-0.25, -0.2) is 14.5 Å². The molecular formula is C13H16N4O2. The fourth-order valence-electron chi connectivity index (χ4n) is 1.85. The van der Waals surface area contributed by atoms with Gasteiger partial charge in [0, 0.05) is 5.69 Å². The molecule has 0 amide bonds. The van der Waals surface area contributed by atoms with Gasteiger partial charge >= 0.3 is 5.97 Å². The number of aryl methyl sites for hydroxylation is 2. The van der Waals surface area contributed by atoms with E-state index in [-0.39, 0.29) is 11.3 Å². The second-order valence-electron chi connectivity index (χ2n) is 4.18. The van der Waals surface area contributed by atoms with Crippen molar-refractivity contribution >= 4 is 11.7 Å². The second kappa shape index (κ2) is 5.09. The summed E-state index contributed by atoms with van der Waals surface area (Å²) in [5.74, 6) is -0.592. The minimum absolute atomic E-state index is 0.0422. The maximum atomic E-state index is 11.1. The summed E-state index contributed by atoms with van der Waals surface area (Å²) in [5, 5.41) is 13.5. The summed E-state index contributed by atoms with van der Waals surface area (Å²) in [5.41, 5.74) is 7.73. The van der Waals surface area contributed by atoms with E-state index in [2.05, 4.69) is 10.1 Å². The molecule has 0 fully saturated rings. The summed E-state index contributed by atoms with van der Waals surface area (Å²) in [6.07, 6.45) is 2.97. The van der Waals surface area contributed by atoms with Crippen LogP contribution < -0.4 is 5.73 Å². The number of nitrogen functional groups attached to an aromatic ring is 1. The van der Waals surface area contributed by atoms with Gasteiger partial charge in [-0.15, -0.1) is 0 Å². The van der Waals surface area contributed by atoms with Crippen LogP contribution in [0.15, 0.2) is 18.3 Å². The van der Waals surface area contributed by atoms with Gasteiger partial charge in [0.05, 0.1) is 23.1 Å². The van der Waals surface area contributed by atoms with Gasteiger partial charge in [0.15, 0.2) is 5.82 Å². The van der Waals surface area contributed by atoms with Crippen molar-refractivity contribution in [2.45, 2.75) is 26.7 Å². The van der Waals surface area contributed by atoms with Gasteiger partial charge < -0.3 is 10.8 Å². The van der Waals surface area contributed by atoms with Gasteiger partial charge in [0.2, 0.25) is 0 Å². The summed E-state index contributed by atoms with van der Waals surface area (Å²) in [6, 6.07) is 3.45. The van der Waals surface area contributed by atoms with Crippen LogP contribution in [0, 0.1) is 0 Å². The highest BCUT2D eigenvalue weighted by atomic mass is 16.4. The number of rotatable bonds is 4. The Balaban J connectivity index is 2.55. The van der Waals surface area contributed by atoms with Gasteiger partial charge in [-0.05, 0) is 25.0 Å². The summed E-state index contributed by atoms with van der Waals surface area (Å²) in [7, 11) is 0. The van der Waals surface area contributed by atoms with E-state index >= 15 is 0 Å². The number of aromatic carboxylic acids is 1. The van der Waals surface area contributed by atoms with E-state index in [1.165, 1.54) is 12.3 Å². The molecule has 2 aromatic rings. The molecule has 0 aliphatic carbocycles. The average molecular weight is 260 g/mol. The van der Waals surface area contributed by atoms with Crippen LogP contribution in [-0.4, -0.2) is 25.8 Å². The molecule has 100 valence electrons. The number of aromatic nitrogens is 3. The molecule has 0 unspecified atom stereocenters. The zero-order valence-corrected chi connectivity index (χ0v) is 10.9. The van der Waals surface area contributed by atoms with Crippen LogP contribution in [0.4, 0.5) is 5.69 Å². The zero-order chi connectivity index (χ0) is 14.0. The Labute approximate surface area is 110 Å². The minimum atomic E-state index is -1.07. The van der Waals surface area contributed by atoms with Crippen molar-refractivity contribution < 1.29 is 9.90 Å². The highest BCUT2D eigenvalue weighted by Gasteiger charge is 2.13. The fourth-order valence-corrected chi connectivity index (χ4v) is 1.85. The van der Waals surface area contributed by atoms with E-state index in [9.17, 15) is 4.79 Å². The number of anilines is 1. The number of carboxylic acids is 1. The van der Waals surface area contributed by atoms with Crippen LogP contribution in [0.3, 0.4) is 0 Å². The van der Waals surface area contributed by atoms with Gasteiger partial charge in [-0.3, -0.25) is 0 Å². The summed E-state index contributed by atoms with van der Waals surface area (Å²) in [6.45, 7) is 4.04. The monoisotopic (exact) mass is 260 g/mol. The van der Waals surface area contributed by atoms with Crippen LogP contribution in [0.2, 0.25) is 0 Å². The van der Waals surface area contributed by atoms with E-state index < -0.39 is 5.97 Å². The maximum Gasteiger partial charge on any atom is 0.337 e. The van der Waals surface area contributed by atoms with Crippen molar-refractivity contribution in [2.75, 3.05) is 5.73 Å². The van der Waals surface area contributed by atoms with Crippen molar-refractivity contribution in [3.05, 3.63) is 35.3 Å². The van der Waals surface area contributed by atoms with E-state index in [1.54, 1.807) is 4.68 Å². The molecular weight excluding hydrogens is 244 g/mol. The third-order valence-corrected chi connectivity index (χ3v) is 2.93. The molecule has 0 aromatic carbocycles. The molecule has 6 heteroatoms. The lowest BCUT2D eigenvalue weighted by Gasteiger charge is -2.07. The first-order chi connectivity index (χ1) is 9.06. The highest BCUT2D eigenvalue weighted by molar-refractivity contribution is 5.93. The average Bonchev–Trinajstić information content (AvgIpc) is 2.82. The molecule has 0 bridgehead atoms. The Bertz CT molecular complexity index is 619. The molecule has 19 heavy (non-hydrogen) atoms. The Kier molecular flexibility index (Phi) is 3.50. The number of nitrogens with two attached hydrogens (primary N) is 1. The largest absolute Gasteiger partial charge is 0.478 e. The third kappa shape index (κ3) is 2.42. The highest BCUT2D eigenvalue weighted by Crippen LogP contribution is 2.17.